The van der Waals surface area contributed by atoms with Gasteiger partial charge in [-0.05, 0) is 30.4 Å². The van der Waals surface area contributed by atoms with Crippen molar-refractivity contribution >= 4 is 5.69 Å². The van der Waals surface area contributed by atoms with Gasteiger partial charge in [0.25, 0.3) is 0 Å². The van der Waals surface area contributed by atoms with Gasteiger partial charge in [-0.25, -0.2) is 0 Å². The molecule has 3 heteroatoms. The lowest BCUT2D eigenvalue weighted by molar-refractivity contribution is 0.207. The number of rotatable bonds is 5. The van der Waals surface area contributed by atoms with E-state index >= 15 is 0 Å². The van der Waals surface area contributed by atoms with E-state index in [1.54, 1.807) is 0 Å². The third kappa shape index (κ3) is 2.17. The van der Waals surface area contributed by atoms with Crippen LogP contribution in [0.25, 0.3) is 0 Å². The molecule has 92 valence electrons. The molecule has 0 saturated heterocycles. The van der Waals surface area contributed by atoms with E-state index in [9.17, 15) is 5.11 Å². The van der Waals surface area contributed by atoms with Crippen LogP contribution in [0.4, 0.5) is 5.69 Å². The Labute approximate surface area is 102 Å². The molecule has 0 aromatic heterocycles. The molecule has 17 heavy (non-hydrogen) atoms. The lowest BCUT2D eigenvalue weighted by Gasteiger charge is -2.14. The summed E-state index contributed by atoms with van der Waals surface area (Å²) in [5.41, 5.74) is 4.32. The third-order valence-corrected chi connectivity index (χ3v) is 4.04. The van der Waals surface area contributed by atoms with Gasteiger partial charge in [0.1, 0.15) is 0 Å². The molecule has 2 aliphatic rings. The first-order valence-corrected chi connectivity index (χ1v) is 6.49. The first-order chi connectivity index (χ1) is 8.33. The normalized spacial score (nSPS) is 19.8. The predicted molar refractivity (Wildman–Crippen MR) is 69.1 cm³/mol. The lowest BCUT2D eigenvalue weighted by Crippen LogP contribution is -2.26. The number of nitrogens with one attached hydrogen (secondary N) is 2. The van der Waals surface area contributed by atoms with Crippen LogP contribution in [-0.4, -0.2) is 24.8 Å². The van der Waals surface area contributed by atoms with Crippen molar-refractivity contribution in [2.75, 3.05) is 25.0 Å². The molecule has 1 aromatic rings. The second kappa shape index (κ2) is 4.31. The highest BCUT2D eigenvalue weighted by molar-refractivity contribution is 5.61. The highest BCUT2D eigenvalue weighted by Crippen LogP contribution is 2.44. The molecule has 0 spiro atoms. The van der Waals surface area contributed by atoms with Crippen LogP contribution in [0.1, 0.15) is 24.0 Å². The molecular weight excluding hydrogens is 212 g/mol. The van der Waals surface area contributed by atoms with E-state index < -0.39 is 0 Å². The van der Waals surface area contributed by atoms with E-state index in [2.05, 4.69) is 28.8 Å². The molecule has 1 aliphatic carbocycles. The van der Waals surface area contributed by atoms with Crippen molar-refractivity contribution in [2.24, 2.45) is 5.41 Å². The maximum atomic E-state index is 9.26. The van der Waals surface area contributed by atoms with Crippen molar-refractivity contribution in [3.63, 3.8) is 0 Å². The predicted octanol–water partition coefficient (Wildman–Crippen LogP) is 1.52. The number of para-hydroxylation sites is 1. The lowest BCUT2D eigenvalue weighted by atomic mass is 10.1. The van der Waals surface area contributed by atoms with E-state index in [1.165, 1.54) is 29.7 Å². The number of anilines is 1. The van der Waals surface area contributed by atoms with Gasteiger partial charge in [0, 0.05) is 37.3 Å². The summed E-state index contributed by atoms with van der Waals surface area (Å²) in [6, 6.07) is 6.53. The molecule has 0 radical (unpaired) electrons. The van der Waals surface area contributed by atoms with Crippen LogP contribution in [0, 0.1) is 5.41 Å². The summed E-state index contributed by atoms with van der Waals surface area (Å²) in [6.07, 6.45) is 3.48. The van der Waals surface area contributed by atoms with Crippen molar-refractivity contribution in [1.82, 2.24) is 5.32 Å². The molecule has 1 aromatic carbocycles. The number of aliphatic hydroxyl groups is 1. The second-order valence-corrected chi connectivity index (χ2v) is 5.39. The number of benzene rings is 1. The zero-order valence-corrected chi connectivity index (χ0v) is 10.1. The molecule has 3 nitrogen and oxygen atoms in total. The fraction of sp³-hybridized carbons (Fsp3) is 0.571. The van der Waals surface area contributed by atoms with Gasteiger partial charge >= 0.3 is 0 Å². The van der Waals surface area contributed by atoms with Crippen LogP contribution in [0.15, 0.2) is 18.2 Å². The highest BCUT2D eigenvalue weighted by atomic mass is 16.3. The quantitative estimate of drug-likeness (QED) is 0.721. The summed E-state index contributed by atoms with van der Waals surface area (Å²) in [6.45, 7) is 3.23. The van der Waals surface area contributed by atoms with Crippen LogP contribution in [0.5, 0.6) is 0 Å². The maximum Gasteiger partial charge on any atom is 0.0499 e. The molecular formula is C14H20N2O. The maximum absolute atomic E-state index is 9.26. The Balaban J connectivity index is 1.60. The summed E-state index contributed by atoms with van der Waals surface area (Å²) >= 11 is 0. The van der Waals surface area contributed by atoms with E-state index in [0.717, 1.165) is 26.1 Å². The van der Waals surface area contributed by atoms with Crippen LogP contribution in [0.2, 0.25) is 0 Å². The first kappa shape index (κ1) is 11.1. The number of hydrogen-bond donors (Lipinski definition) is 3. The highest BCUT2D eigenvalue weighted by Gasteiger charge is 2.41. The molecule has 1 aliphatic heterocycles. The minimum absolute atomic E-state index is 0.200. The largest absolute Gasteiger partial charge is 0.396 e. The topological polar surface area (TPSA) is 44.3 Å². The number of aliphatic hydroxyl groups excluding tert-OH is 1. The Bertz CT molecular complexity index is 413. The Kier molecular flexibility index (Phi) is 2.81. The molecule has 1 fully saturated rings. The molecule has 3 rings (SSSR count). The van der Waals surface area contributed by atoms with Crippen molar-refractivity contribution < 1.29 is 5.11 Å². The van der Waals surface area contributed by atoms with Gasteiger partial charge in [-0.1, -0.05) is 18.2 Å². The van der Waals surface area contributed by atoms with Gasteiger partial charge in [-0.3, -0.25) is 0 Å². The first-order valence-electron chi connectivity index (χ1n) is 6.49. The molecule has 0 unspecified atom stereocenters. The van der Waals surface area contributed by atoms with Gasteiger partial charge in [0.2, 0.25) is 0 Å². The smallest absolute Gasteiger partial charge is 0.0499 e. The summed E-state index contributed by atoms with van der Waals surface area (Å²) < 4.78 is 0. The van der Waals surface area contributed by atoms with Crippen molar-refractivity contribution in [3.05, 3.63) is 29.3 Å². The monoisotopic (exact) mass is 232 g/mol. The number of hydrogen-bond acceptors (Lipinski definition) is 3. The zero-order valence-electron chi connectivity index (χ0n) is 10.1. The van der Waals surface area contributed by atoms with Gasteiger partial charge in [-0.15, -0.1) is 0 Å². The van der Waals surface area contributed by atoms with Crippen LogP contribution in [0.3, 0.4) is 0 Å². The summed E-state index contributed by atoms with van der Waals surface area (Å²) in [7, 11) is 0. The SMILES string of the molecule is OCC1(CNCc2cccc3c2NCC3)CC1. The minimum Gasteiger partial charge on any atom is -0.396 e. The molecule has 3 N–H and O–H groups in total. The van der Waals surface area contributed by atoms with Gasteiger partial charge in [-0.2, -0.15) is 0 Å². The molecule has 1 heterocycles. The average molecular weight is 232 g/mol. The van der Waals surface area contributed by atoms with Gasteiger partial charge in [0.05, 0.1) is 0 Å². The fourth-order valence-corrected chi connectivity index (χ4v) is 2.59. The van der Waals surface area contributed by atoms with Crippen LogP contribution < -0.4 is 10.6 Å². The van der Waals surface area contributed by atoms with Crippen molar-refractivity contribution in [3.8, 4) is 0 Å². The summed E-state index contributed by atoms with van der Waals surface area (Å²) in [4.78, 5) is 0. The van der Waals surface area contributed by atoms with Crippen LogP contribution >= 0.6 is 0 Å². The Morgan fingerprint density at radius 3 is 3.00 bits per heavy atom. The average Bonchev–Trinajstić information content (AvgIpc) is 2.97. The zero-order chi connectivity index (χ0) is 11.7. The van der Waals surface area contributed by atoms with E-state index in [-0.39, 0.29) is 5.41 Å². The van der Waals surface area contributed by atoms with Crippen molar-refractivity contribution in [1.29, 1.82) is 0 Å². The molecule has 0 atom stereocenters. The Morgan fingerprint density at radius 2 is 2.24 bits per heavy atom. The number of fused-ring (bicyclic) bond motifs is 1. The van der Waals surface area contributed by atoms with E-state index in [4.69, 9.17) is 0 Å². The summed E-state index contributed by atoms with van der Waals surface area (Å²) in [5.74, 6) is 0. The van der Waals surface area contributed by atoms with E-state index in [1.807, 2.05) is 0 Å². The Morgan fingerprint density at radius 1 is 1.35 bits per heavy atom. The van der Waals surface area contributed by atoms with Gasteiger partial charge < -0.3 is 15.7 Å². The van der Waals surface area contributed by atoms with Gasteiger partial charge in [0.15, 0.2) is 0 Å². The molecule has 1 saturated carbocycles. The molecule has 0 amide bonds. The molecule has 0 bridgehead atoms. The standard InChI is InChI=1S/C14H20N2O/c17-10-14(5-6-14)9-15-8-12-3-1-2-11-4-7-16-13(11)12/h1-3,15-17H,4-10H2. The third-order valence-electron chi connectivity index (χ3n) is 4.04. The Hall–Kier alpha value is -1.06. The minimum atomic E-state index is 0.200. The summed E-state index contributed by atoms with van der Waals surface area (Å²) in [5, 5.41) is 16.2. The fourth-order valence-electron chi connectivity index (χ4n) is 2.59. The van der Waals surface area contributed by atoms with Crippen LogP contribution in [-0.2, 0) is 13.0 Å². The van der Waals surface area contributed by atoms with E-state index in [0.29, 0.717) is 6.61 Å². The van der Waals surface area contributed by atoms with Crippen molar-refractivity contribution in [2.45, 2.75) is 25.8 Å². The second-order valence-electron chi connectivity index (χ2n) is 5.39.